The summed E-state index contributed by atoms with van der Waals surface area (Å²) in [4.78, 5) is 28.0. The maximum absolute atomic E-state index is 12.6. The normalized spacial score (nSPS) is 16.0. The first-order valence-electron chi connectivity index (χ1n) is 8.37. The van der Waals surface area contributed by atoms with Crippen molar-refractivity contribution < 1.29 is 27.5 Å². The Bertz CT molecular complexity index is 896. The molecule has 0 fully saturated rings. The number of H-pyrrole nitrogens is 1. The van der Waals surface area contributed by atoms with Crippen molar-refractivity contribution in [2.24, 2.45) is 5.41 Å². The molecule has 0 saturated carbocycles. The lowest BCUT2D eigenvalue weighted by Gasteiger charge is -2.28. The number of rotatable bonds is 3. The van der Waals surface area contributed by atoms with Crippen LogP contribution in [0.2, 0.25) is 0 Å². The van der Waals surface area contributed by atoms with E-state index in [4.69, 9.17) is 0 Å². The predicted molar refractivity (Wildman–Crippen MR) is 93.0 cm³/mol. The fourth-order valence-electron chi connectivity index (χ4n) is 3.39. The number of hydrogen-bond acceptors (Lipinski definition) is 3. The van der Waals surface area contributed by atoms with Crippen molar-refractivity contribution in [2.45, 2.75) is 40.0 Å². The number of carbonyl (C=O) groups excluding carboxylic acids is 2. The van der Waals surface area contributed by atoms with E-state index in [0.29, 0.717) is 29.7 Å². The van der Waals surface area contributed by atoms with E-state index >= 15 is 0 Å². The van der Waals surface area contributed by atoms with Crippen LogP contribution >= 0.6 is 0 Å². The molecule has 2 N–H and O–H groups in total. The SMILES string of the molecule is Cc1c(C(=O)Nc2ccc(OC(F)(F)F)cc2)[nH]c2c1C(=O)CC(C)(C)C2. The summed E-state index contributed by atoms with van der Waals surface area (Å²) in [6, 6.07) is 4.85. The van der Waals surface area contributed by atoms with Crippen LogP contribution in [0.5, 0.6) is 5.75 Å². The molecule has 0 saturated heterocycles. The number of fused-ring (bicyclic) bond motifs is 1. The molecule has 27 heavy (non-hydrogen) atoms. The maximum atomic E-state index is 12.6. The second kappa shape index (κ2) is 6.44. The van der Waals surface area contributed by atoms with Crippen molar-refractivity contribution in [1.82, 2.24) is 4.98 Å². The molecule has 0 aliphatic heterocycles. The minimum absolute atomic E-state index is 0.00250. The van der Waals surface area contributed by atoms with Gasteiger partial charge in [0.1, 0.15) is 11.4 Å². The van der Waals surface area contributed by atoms with Crippen LogP contribution in [0.4, 0.5) is 18.9 Å². The van der Waals surface area contributed by atoms with Crippen molar-refractivity contribution in [3.63, 3.8) is 0 Å². The van der Waals surface area contributed by atoms with Crippen LogP contribution in [0.3, 0.4) is 0 Å². The molecular weight excluding hydrogens is 361 g/mol. The van der Waals surface area contributed by atoms with E-state index in [1.54, 1.807) is 6.92 Å². The van der Waals surface area contributed by atoms with Gasteiger partial charge in [0.05, 0.1) is 0 Å². The topological polar surface area (TPSA) is 71.2 Å². The van der Waals surface area contributed by atoms with E-state index in [1.165, 1.54) is 12.1 Å². The van der Waals surface area contributed by atoms with E-state index in [2.05, 4.69) is 15.0 Å². The number of amides is 1. The molecule has 144 valence electrons. The van der Waals surface area contributed by atoms with E-state index in [0.717, 1.165) is 17.8 Å². The van der Waals surface area contributed by atoms with Gasteiger partial charge in [0.2, 0.25) is 0 Å². The van der Waals surface area contributed by atoms with E-state index in [1.807, 2.05) is 13.8 Å². The average molecular weight is 380 g/mol. The average Bonchev–Trinajstić information content (AvgIpc) is 2.83. The van der Waals surface area contributed by atoms with Crippen LogP contribution in [-0.4, -0.2) is 23.0 Å². The zero-order valence-electron chi connectivity index (χ0n) is 15.1. The van der Waals surface area contributed by atoms with Crippen molar-refractivity contribution in [3.05, 3.63) is 46.8 Å². The summed E-state index contributed by atoms with van der Waals surface area (Å²) in [6.45, 7) is 5.70. The van der Waals surface area contributed by atoms with Crippen LogP contribution in [0.15, 0.2) is 24.3 Å². The Hall–Kier alpha value is -2.77. The molecule has 0 radical (unpaired) electrons. The van der Waals surface area contributed by atoms with Crippen molar-refractivity contribution in [1.29, 1.82) is 0 Å². The smallest absolute Gasteiger partial charge is 0.406 e. The van der Waals surface area contributed by atoms with Gasteiger partial charge in [-0.2, -0.15) is 0 Å². The molecule has 3 rings (SSSR count). The largest absolute Gasteiger partial charge is 0.573 e. The molecular formula is C19H19F3N2O3. The second-order valence-electron chi connectivity index (χ2n) is 7.45. The third kappa shape index (κ3) is 4.15. The lowest BCUT2D eigenvalue weighted by atomic mass is 9.75. The molecule has 1 amide bonds. The standard InChI is InChI=1S/C19H19F3N2O3/c1-10-15-13(8-18(2,3)9-14(15)25)24-16(10)17(26)23-11-4-6-12(7-5-11)27-19(20,21)22/h4-7,24H,8-9H2,1-3H3,(H,23,26). The number of carbonyl (C=O) groups is 2. The predicted octanol–water partition coefficient (Wildman–Crippen LogP) is 4.63. The molecule has 1 heterocycles. The molecule has 8 heteroatoms. The van der Waals surface area contributed by atoms with Gasteiger partial charge in [-0.1, -0.05) is 13.8 Å². The fourth-order valence-corrected chi connectivity index (χ4v) is 3.39. The third-order valence-corrected chi connectivity index (χ3v) is 4.47. The number of ether oxygens (including phenoxy) is 1. The lowest BCUT2D eigenvalue weighted by molar-refractivity contribution is -0.274. The molecule has 1 aromatic heterocycles. The van der Waals surface area contributed by atoms with E-state index in [9.17, 15) is 22.8 Å². The zero-order chi connectivity index (χ0) is 20.0. The van der Waals surface area contributed by atoms with Gasteiger partial charge >= 0.3 is 6.36 Å². The van der Waals surface area contributed by atoms with Gasteiger partial charge in [-0.3, -0.25) is 9.59 Å². The highest BCUT2D eigenvalue weighted by atomic mass is 19.4. The third-order valence-electron chi connectivity index (χ3n) is 4.47. The van der Waals surface area contributed by atoms with Gasteiger partial charge in [0, 0.05) is 23.4 Å². The minimum Gasteiger partial charge on any atom is -0.406 e. The Kier molecular flexibility index (Phi) is 4.53. The van der Waals surface area contributed by atoms with Crippen LogP contribution in [-0.2, 0) is 6.42 Å². The first-order valence-corrected chi connectivity index (χ1v) is 8.37. The summed E-state index contributed by atoms with van der Waals surface area (Å²) in [5, 5.41) is 2.62. The highest BCUT2D eigenvalue weighted by Crippen LogP contribution is 2.36. The number of nitrogens with one attached hydrogen (secondary N) is 2. The monoisotopic (exact) mass is 380 g/mol. The molecule has 1 aliphatic rings. The molecule has 0 bridgehead atoms. The number of ketones is 1. The molecule has 0 spiro atoms. The highest BCUT2D eigenvalue weighted by Gasteiger charge is 2.35. The Labute approximate surface area is 153 Å². The quantitative estimate of drug-likeness (QED) is 0.816. The van der Waals surface area contributed by atoms with Crippen molar-refractivity contribution in [3.8, 4) is 5.75 Å². The van der Waals surface area contributed by atoms with Crippen LogP contribution < -0.4 is 10.1 Å². The zero-order valence-corrected chi connectivity index (χ0v) is 15.1. The van der Waals surface area contributed by atoms with E-state index in [-0.39, 0.29) is 22.6 Å². The highest BCUT2D eigenvalue weighted by molar-refractivity contribution is 6.08. The number of aromatic nitrogens is 1. The van der Waals surface area contributed by atoms with Gasteiger partial charge in [-0.25, -0.2) is 0 Å². The van der Waals surface area contributed by atoms with E-state index < -0.39 is 12.3 Å². The molecule has 1 aliphatic carbocycles. The Balaban J connectivity index is 1.79. The summed E-state index contributed by atoms with van der Waals surface area (Å²) in [5.41, 5.74) is 2.31. The second-order valence-corrected chi connectivity index (χ2v) is 7.45. The Morgan fingerprint density at radius 1 is 1.19 bits per heavy atom. The maximum Gasteiger partial charge on any atom is 0.573 e. The molecule has 5 nitrogen and oxygen atoms in total. The summed E-state index contributed by atoms with van der Waals surface area (Å²) >= 11 is 0. The van der Waals surface area contributed by atoms with Gasteiger partial charge < -0.3 is 15.0 Å². The number of hydrogen-bond donors (Lipinski definition) is 2. The number of anilines is 1. The molecule has 1 aromatic carbocycles. The number of aromatic amines is 1. The summed E-state index contributed by atoms with van der Waals surface area (Å²) < 4.78 is 40.4. The number of Topliss-reactive ketones (excluding diaryl/α,β-unsaturated/α-hetero) is 1. The van der Waals surface area contributed by atoms with Crippen LogP contribution in [0.1, 0.15) is 52.4 Å². The van der Waals surface area contributed by atoms with Crippen LogP contribution in [0, 0.1) is 12.3 Å². The summed E-state index contributed by atoms with van der Waals surface area (Å²) in [6.07, 6.45) is -3.70. The number of halogens is 3. The summed E-state index contributed by atoms with van der Waals surface area (Å²) in [5.74, 6) is -0.834. The van der Waals surface area contributed by atoms with Gasteiger partial charge in [-0.15, -0.1) is 13.2 Å². The number of benzene rings is 1. The summed E-state index contributed by atoms with van der Waals surface area (Å²) in [7, 11) is 0. The van der Waals surface area contributed by atoms with Gasteiger partial charge in [0.15, 0.2) is 5.78 Å². The molecule has 0 atom stereocenters. The fraction of sp³-hybridized carbons (Fsp3) is 0.368. The minimum atomic E-state index is -4.77. The van der Waals surface area contributed by atoms with Crippen molar-refractivity contribution in [2.75, 3.05) is 5.32 Å². The first-order chi connectivity index (χ1) is 12.5. The van der Waals surface area contributed by atoms with Gasteiger partial charge in [0.25, 0.3) is 5.91 Å². The number of alkyl halides is 3. The molecule has 2 aromatic rings. The van der Waals surface area contributed by atoms with Crippen LogP contribution in [0.25, 0.3) is 0 Å². The van der Waals surface area contributed by atoms with Crippen molar-refractivity contribution >= 4 is 17.4 Å². The van der Waals surface area contributed by atoms with Gasteiger partial charge in [-0.05, 0) is 48.6 Å². The Morgan fingerprint density at radius 3 is 2.41 bits per heavy atom. The lowest BCUT2D eigenvalue weighted by Crippen LogP contribution is -2.26. The molecule has 0 unspecified atom stereocenters. The first kappa shape index (κ1) is 19.0. The Morgan fingerprint density at radius 2 is 1.81 bits per heavy atom.